The lowest BCUT2D eigenvalue weighted by Crippen LogP contribution is -2.37. The van der Waals surface area contributed by atoms with E-state index in [4.69, 9.17) is 4.74 Å². The molecule has 0 unspecified atom stereocenters. The average molecular weight is 250 g/mol. The number of nitrogens with zero attached hydrogens (tertiary/aromatic N) is 3. The van der Waals surface area contributed by atoms with Crippen molar-refractivity contribution in [2.45, 2.75) is 19.8 Å². The Balaban J connectivity index is 1.88. The minimum absolute atomic E-state index is 0.634. The molecule has 1 saturated heterocycles. The molecule has 0 amide bonds. The standard InChI is InChI=1S/C13H22N4O/c1-3-14-9-11-4-6-17(7-5-11)12-8-13(18-2)16-10-15-12/h8,10-11,14H,3-7,9H2,1-2H3. The molecule has 0 radical (unpaired) electrons. The molecule has 5 heteroatoms. The van der Waals surface area contributed by atoms with Crippen LogP contribution in [0.3, 0.4) is 0 Å². The fraction of sp³-hybridized carbons (Fsp3) is 0.692. The average Bonchev–Trinajstić information content (AvgIpc) is 2.46. The lowest BCUT2D eigenvalue weighted by Gasteiger charge is -2.32. The minimum atomic E-state index is 0.634. The van der Waals surface area contributed by atoms with E-state index in [1.165, 1.54) is 12.8 Å². The van der Waals surface area contributed by atoms with Gasteiger partial charge in [0.15, 0.2) is 0 Å². The Hall–Kier alpha value is -1.36. The first kappa shape index (κ1) is 13.1. The van der Waals surface area contributed by atoms with E-state index in [1.807, 2.05) is 6.07 Å². The summed E-state index contributed by atoms with van der Waals surface area (Å²) in [5, 5.41) is 3.43. The van der Waals surface area contributed by atoms with Gasteiger partial charge >= 0.3 is 0 Å². The van der Waals surface area contributed by atoms with E-state index in [-0.39, 0.29) is 0 Å². The third kappa shape index (κ3) is 3.32. The van der Waals surface area contributed by atoms with Gasteiger partial charge in [0.2, 0.25) is 5.88 Å². The molecular weight excluding hydrogens is 228 g/mol. The number of piperidine rings is 1. The molecule has 0 atom stereocenters. The van der Waals surface area contributed by atoms with Crippen LogP contribution in [-0.4, -0.2) is 43.3 Å². The van der Waals surface area contributed by atoms with Gasteiger partial charge in [0.25, 0.3) is 0 Å². The van der Waals surface area contributed by atoms with Gasteiger partial charge in [-0.1, -0.05) is 6.92 Å². The lowest BCUT2D eigenvalue weighted by molar-refractivity contribution is 0.382. The van der Waals surface area contributed by atoms with Crippen molar-refractivity contribution in [2.24, 2.45) is 5.92 Å². The highest BCUT2D eigenvalue weighted by molar-refractivity contribution is 5.41. The summed E-state index contributed by atoms with van der Waals surface area (Å²) in [6, 6.07) is 1.91. The molecule has 0 saturated carbocycles. The van der Waals surface area contributed by atoms with E-state index in [2.05, 4.69) is 27.1 Å². The van der Waals surface area contributed by atoms with Crippen LogP contribution in [0, 0.1) is 5.92 Å². The van der Waals surface area contributed by atoms with Gasteiger partial charge in [-0.3, -0.25) is 0 Å². The van der Waals surface area contributed by atoms with E-state index >= 15 is 0 Å². The molecule has 0 bridgehead atoms. The van der Waals surface area contributed by atoms with Crippen molar-refractivity contribution in [3.8, 4) is 5.88 Å². The molecule has 0 aromatic carbocycles. The SMILES string of the molecule is CCNCC1CCN(c2cc(OC)ncn2)CC1. The predicted octanol–water partition coefficient (Wildman–Crippen LogP) is 1.31. The van der Waals surface area contributed by atoms with E-state index in [9.17, 15) is 0 Å². The summed E-state index contributed by atoms with van der Waals surface area (Å²) in [4.78, 5) is 10.7. The zero-order valence-corrected chi connectivity index (χ0v) is 11.2. The summed E-state index contributed by atoms with van der Waals surface area (Å²) in [6.45, 7) is 6.48. The van der Waals surface area contributed by atoms with Crippen LogP contribution in [0.5, 0.6) is 5.88 Å². The smallest absolute Gasteiger partial charge is 0.218 e. The first-order valence-corrected chi connectivity index (χ1v) is 6.65. The molecule has 1 aliphatic rings. The van der Waals surface area contributed by atoms with Gasteiger partial charge in [-0.25, -0.2) is 9.97 Å². The van der Waals surface area contributed by atoms with Crippen molar-refractivity contribution in [3.63, 3.8) is 0 Å². The molecule has 100 valence electrons. The van der Waals surface area contributed by atoms with Gasteiger partial charge in [0.05, 0.1) is 7.11 Å². The second-order valence-electron chi connectivity index (χ2n) is 4.66. The number of rotatable bonds is 5. The van der Waals surface area contributed by atoms with E-state index in [1.54, 1.807) is 13.4 Å². The maximum absolute atomic E-state index is 5.13. The van der Waals surface area contributed by atoms with Crippen LogP contribution in [0.15, 0.2) is 12.4 Å². The first-order valence-electron chi connectivity index (χ1n) is 6.65. The van der Waals surface area contributed by atoms with Crippen molar-refractivity contribution in [3.05, 3.63) is 12.4 Å². The third-order valence-electron chi connectivity index (χ3n) is 3.46. The maximum atomic E-state index is 5.13. The Kier molecular flexibility index (Phi) is 4.75. The van der Waals surface area contributed by atoms with Crippen LogP contribution in [0.4, 0.5) is 5.82 Å². The monoisotopic (exact) mass is 250 g/mol. The fourth-order valence-corrected chi connectivity index (χ4v) is 2.33. The van der Waals surface area contributed by atoms with Crippen LogP contribution in [-0.2, 0) is 0 Å². The van der Waals surface area contributed by atoms with Crippen LogP contribution >= 0.6 is 0 Å². The molecule has 1 aliphatic heterocycles. The van der Waals surface area contributed by atoms with Gasteiger partial charge in [-0.15, -0.1) is 0 Å². The van der Waals surface area contributed by atoms with Gasteiger partial charge in [-0.05, 0) is 31.8 Å². The molecular formula is C13H22N4O. The molecule has 18 heavy (non-hydrogen) atoms. The van der Waals surface area contributed by atoms with Crippen molar-refractivity contribution >= 4 is 5.82 Å². The van der Waals surface area contributed by atoms with E-state index in [0.29, 0.717) is 5.88 Å². The highest BCUT2D eigenvalue weighted by Gasteiger charge is 2.20. The number of aromatic nitrogens is 2. The molecule has 1 aromatic heterocycles. The minimum Gasteiger partial charge on any atom is -0.481 e. The van der Waals surface area contributed by atoms with Crippen molar-refractivity contribution in [2.75, 3.05) is 38.2 Å². The Morgan fingerprint density at radius 3 is 2.83 bits per heavy atom. The number of methoxy groups -OCH3 is 1. The molecule has 0 aliphatic carbocycles. The van der Waals surface area contributed by atoms with Gasteiger partial charge in [-0.2, -0.15) is 0 Å². The number of hydrogen-bond donors (Lipinski definition) is 1. The largest absolute Gasteiger partial charge is 0.481 e. The summed E-state index contributed by atoms with van der Waals surface area (Å²) in [6.07, 6.45) is 4.01. The quantitative estimate of drug-likeness (QED) is 0.854. The first-order chi connectivity index (χ1) is 8.83. The van der Waals surface area contributed by atoms with Gasteiger partial charge in [0.1, 0.15) is 12.1 Å². The zero-order valence-electron chi connectivity index (χ0n) is 11.2. The second-order valence-corrected chi connectivity index (χ2v) is 4.66. The van der Waals surface area contributed by atoms with Crippen LogP contribution in [0.1, 0.15) is 19.8 Å². The van der Waals surface area contributed by atoms with Crippen molar-refractivity contribution < 1.29 is 4.74 Å². The van der Waals surface area contributed by atoms with Crippen LogP contribution in [0.25, 0.3) is 0 Å². The van der Waals surface area contributed by atoms with Crippen LogP contribution < -0.4 is 15.0 Å². The molecule has 0 spiro atoms. The molecule has 2 rings (SSSR count). The van der Waals surface area contributed by atoms with Gasteiger partial charge < -0.3 is 15.0 Å². The number of ether oxygens (including phenoxy) is 1. The molecule has 1 N–H and O–H groups in total. The number of anilines is 1. The summed E-state index contributed by atoms with van der Waals surface area (Å²) in [5.41, 5.74) is 0. The lowest BCUT2D eigenvalue weighted by atomic mass is 9.97. The van der Waals surface area contributed by atoms with Gasteiger partial charge in [0, 0.05) is 19.2 Å². The summed E-state index contributed by atoms with van der Waals surface area (Å²) < 4.78 is 5.13. The van der Waals surface area contributed by atoms with Crippen LogP contribution in [0.2, 0.25) is 0 Å². The Morgan fingerprint density at radius 2 is 2.17 bits per heavy atom. The topological polar surface area (TPSA) is 50.3 Å². The second kappa shape index (κ2) is 6.54. The van der Waals surface area contributed by atoms with Crippen molar-refractivity contribution in [1.82, 2.24) is 15.3 Å². The Labute approximate surface area is 109 Å². The molecule has 2 heterocycles. The third-order valence-corrected chi connectivity index (χ3v) is 3.46. The Morgan fingerprint density at radius 1 is 1.39 bits per heavy atom. The summed E-state index contributed by atoms with van der Waals surface area (Å²) >= 11 is 0. The number of hydrogen-bond acceptors (Lipinski definition) is 5. The zero-order chi connectivity index (χ0) is 12.8. The van der Waals surface area contributed by atoms with E-state index in [0.717, 1.165) is 37.9 Å². The van der Waals surface area contributed by atoms with Crippen molar-refractivity contribution in [1.29, 1.82) is 0 Å². The number of nitrogens with one attached hydrogen (secondary N) is 1. The highest BCUT2D eigenvalue weighted by Crippen LogP contribution is 2.22. The summed E-state index contributed by atoms with van der Waals surface area (Å²) in [7, 11) is 1.63. The maximum Gasteiger partial charge on any atom is 0.218 e. The normalized spacial score (nSPS) is 16.9. The fourth-order valence-electron chi connectivity index (χ4n) is 2.33. The molecule has 5 nitrogen and oxygen atoms in total. The molecule has 1 aromatic rings. The predicted molar refractivity (Wildman–Crippen MR) is 72.1 cm³/mol. The van der Waals surface area contributed by atoms with E-state index < -0.39 is 0 Å². The molecule has 1 fully saturated rings. The Bertz CT molecular complexity index is 364. The highest BCUT2D eigenvalue weighted by atomic mass is 16.5. The summed E-state index contributed by atoms with van der Waals surface area (Å²) in [5.74, 6) is 2.41.